The van der Waals surface area contributed by atoms with Crippen LogP contribution in [0.3, 0.4) is 0 Å². The van der Waals surface area contributed by atoms with Crippen LogP contribution in [0, 0.1) is 5.92 Å². The van der Waals surface area contributed by atoms with E-state index in [0.717, 1.165) is 24.8 Å². The lowest BCUT2D eigenvalue weighted by Crippen LogP contribution is -2.09. The van der Waals surface area contributed by atoms with E-state index < -0.39 is 0 Å². The minimum absolute atomic E-state index is 0.238. The van der Waals surface area contributed by atoms with Crippen molar-refractivity contribution in [2.75, 3.05) is 6.61 Å². The zero-order chi connectivity index (χ0) is 11.0. The number of hydrogen-bond donors (Lipinski definition) is 2. The van der Waals surface area contributed by atoms with Gasteiger partial charge in [0.2, 0.25) is 0 Å². The first-order chi connectivity index (χ1) is 6.56. The van der Waals surface area contributed by atoms with Crippen LogP contribution in [0.4, 0.5) is 0 Å². The molecule has 0 aliphatic rings. The van der Waals surface area contributed by atoms with Gasteiger partial charge in [-0.3, -0.25) is 0 Å². The normalized spacial score (nSPS) is 15.7. The maximum absolute atomic E-state index is 9.58. The van der Waals surface area contributed by atoms with Crippen LogP contribution in [0.25, 0.3) is 0 Å². The molecule has 82 valence electrons. The Morgan fingerprint density at radius 3 is 2.64 bits per heavy atom. The van der Waals surface area contributed by atoms with Crippen molar-refractivity contribution >= 4 is 0 Å². The Hall–Kier alpha value is -0.600. The van der Waals surface area contributed by atoms with Crippen molar-refractivity contribution in [2.24, 2.45) is 5.92 Å². The maximum Gasteiger partial charge on any atom is 0.0726 e. The highest BCUT2D eigenvalue weighted by molar-refractivity contribution is 5.12. The Balaban J connectivity index is 3.70. The molecule has 14 heavy (non-hydrogen) atoms. The summed E-state index contributed by atoms with van der Waals surface area (Å²) in [4.78, 5) is 0. The monoisotopic (exact) mass is 198 g/mol. The Morgan fingerprint density at radius 2 is 2.14 bits per heavy atom. The summed E-state index contributed by atoms with van der Waals surface area (Å²) in [6, 6.07) is 0. The lowest BCUT2D eigenvalue weighted by atomic mass is 9.98. The van der Waals surface area contributed by atoms with Crippen molar-refractivity contribution in [3.63, 3.8) is 0 Å². The van der Waals surface area contributed by atoms with Crippen LogP contribution >= 0.6 is 0 Å². The van der Waals surface area contributed by atoms with Crippen LogP contribution in [0.1, 0.15) is 33.1 Å². The van der Waals surface area contributed by atoms with E-state index in [-0.39, 0.29) is 12.7 Å². The molecule has 0 unspecified atom stereocenters. The molecule has 0 aromatic carbocycles. The predicted molar refractivity (Wildman–Crippen MR) is 60.1 cm³/mol. The lowest BCUT2D eigenvalue weighted by molar-refractivity contribution is 0.182. The fourth-order valence-electron chi connectivity index (χ4n) is 1.32. The topological polar surface area (TPSA) is 40.5 Å². The summed E-state index contributed by atoms with van der Waals surface area (Å²) < 4.78 is 0. The molecule has 2 N–H and O–H groups in total. The molecule has 0 heterocycles. The number of aliphatic hydroxyl groups is 2. The molecule has 0 saturated heterocycles. The Morgan fingerprint density at radius 1 is 1.50 bits per heavy atom. The molecule has 2 atom stereocenters. The van der Waals surface area contributed by atoms with Gasteiger partial charge in [0, 0.05) is 6.61 Å². The second kappa shape index (κ2) is 7.77. The van der Waals surface area contributed by atoms with Crippen molar-refractivity contribution < 1.29 is 10.2 Å². The van der Waals surface area contributed by atoms with E-state index in [1.54, 1.807) is 6.08 Å². The molecule has 0 spiro atoms. The first kappa shape index (κ1) is 13.4. The zero-order valence-electron chi connectivity index (χ0n) is 9.24. The van der Waals surface area contributed by atoms with Crippen molar-refractivity contribution in [3.05, 3.63) is 24.3 Å². The number of aliphatic hydroxyl groups excluding tert-OH is 2. The summed E-state index contributed by atoms with van der Waals surface area (Å²) in [6.45, 7) is 7.95. The summed E-state index contributed by atoms with van der Waals surface area (Å²) in [5.41, 5.74) is 0.951. The van der Waals surface area contributed by atoms with Crippen LogP contribution in [-0.2, 0) is 0 Å². The standard InChI is InChI=1S/C12H22O2/c1-10(2)6-7-12(14)9-11(3)5-4-8-13/h6-7,11-14H,1,4-5,8-9H2,2-3H3/b7-6+/t11-,12-/m0/s1. The van der Waals surface area contributed by atoms with Crippen molar-refractivity contribution in [1.29, 1.82) is 0 Å². The minimum Gasteiger partial charge on any atom is -0.396 e. The largest absolute Gasteiger partial charge is 0.396 e. The van der Waals surface area contributed by atoms with Crippen molar-refractivity contribution in [3.8, 4) is 0 Å². The van der Waals surface area contributed by atoms with E-state index in [1.807, 2.05) is 13.0 Å². The summed E-state index contributed by atoms with van der Waals surface area (Å²) in [7, 11) is 0. The summed E-state index contributed by atoms with van der Waals surface area (Å²) in [5, 5.41) is 18.2. The lowest BCUT2D eigenvalue weighted by Gasteiger charge is -2.12. The molecular weight excluding hydrogens is 176 g/mol. The van der Waals surface area contributed by atoms with Gasteiger partial charge in [0.25, 0.3) is 0 Å². The fourth-order valence-corrected chi connectivity index (χ4v) is 1.32. The van der Waals surface area contributed by atoms with E-state index in [9.17, 15) is 5.11 Å². The SMILES string of the molecule is C=C(C)/C=C/[C@H](O)C[C@@H](C)CCCO. The Labute approximate surface area is 87.0 Å². The van der Waals surface area contributed by atoms with E-state index in [0.29, 0.717) is 5.92 Å². The predicted octanol–water partition coefficient (Wildman–Crippen LogP) is 2.28. The van der Waals surface area contributed by atoms with Gasteiger partial charge in [0.1, 0.15) is 0 Å². The molecule has 0 radical (unpaired) electrons. The first-order valence-corrected chi connectivity index (χ1v) is 5.19. The van der Waals surface area contributed by atoms with E-state index >= 15 is 0 Å². The molecule has 0 aromatic rings. The third kappa shape index (κ3) is 8.02. The van der Waals surface area contributed by atoms with Gasteiger partial charge in [0.05, 0.1) is 6.10 Å². The molecular formula is C12H22O2. The van der Waals surface area contributed by atoms with E-state index in [1.165, 1.54) is 0 Å². The molecule has 0 fully saturated rings. The number of rotatable bonds is 7. The highest BCUT2D eigenvalue weighted by Gasteiger charge is 2.06. The van der Waals surface area contributed by atoms with Gasteiger partial charge in [-0.15, -0.1) is 0 Å². The van der Waals surface area contributed by atoms with Crippen LogP contribution in [0.15, 0.2) is 24.3 Å². The second-order valence-corrected chi connectivity index (χ2v) is 3.98. The minimum atomic E-state index is -0.389. The maximum atomic E-state index is 9.58. The third-order valence-corrected chi connectivity index (χ3v) is 2.10. The Bertz CT molecular complexity index is 185. The second-order valence-electron chi connectivity index (χ2n) is 3.98. The van der Waals surface area contributed by atoms with Crippen molar-refractivity contribution in [1.82, 2.24) is 0 Å². The highest BCUT2D eigenvalue weighted by atomic mass is 16.3. The van der Waals surface area contributed by atoms with Gasteiger partial charge in [-0.1, -0.05) is 31.2 Å². The molecule has 2 nitrogen and oxygen atoms in total. The average molecular weight is 198 g/mol. The van der Waals surface area contributed by atoms with Crippen molar-refractivity contribution in [2.45, 2.75) is 39.2 Å². The molecule has 0 bridgehead atoms. The van der Waals surface area contributed by atoms with E-state index in [4.69, 9.17) is 5.11 Å². The van der Waals surface area contributed by atoms with Gasteiger partial charge in [-0.25, -0.2) is 0 Å². The van der Waals surface area contributed by atoms with Crippen LogP contribution in [-0.4, -0.2) is 22.9 Å². The summed E-state index contributed by atoms with van der Waals surface area (Å²) in [6.07, 6.45) is 5.76. The van der Waals surface area contributed by atoms with Gasteiger partial charge >= 0.3 is 0 Å². The highest BCUT2D eigenvalue weighted by Crippen LogP contribution is 2.13. The summed E-state index contributed by atoms with van der Waals surface area (Å²) >= 11 is 0. The van der Waals surface area contributed by atoms with Gasteiger partial charge < -0.3 is 10.2 Å². The van der Waals surface area contributed by atoms with Crippen LogP contribution in [0.5, 0.6) is 0 Å². The van der Waals surface area contributed by atoms with Gasteiger partial charge in [0.15, 0.2) is 0 Å². The fraction of sp³-hybridized carbons (Fsp3) is 0.667. The van der Waals surface area contributed by atoms with Crippen LogP contribution < -0.4 is 0 Å². The van der Waals surface area contributed by atoms with Gasteiger partial charge in [-0.2, -0.15) is 0 Å². The number of allylic oxidation sites excluding steroid dienone is 2. The van der Waals surface area contributed by atoms with Crippen LogP contribution in [0.2, 0.25) is 0 Å². The zero-order valence-corrected chi connectivity index (χ0v) is 9.24. The quantitative estimate of drug-likeness (QED) is 0.616. The molecule has 0 aliphatic heterocycles. The van der Waals surface area contributed by atoms with Gasteiger partial charge in [-0.05, 0) is 32.1 Å². The Kier molecular flexibility index (Phi) is 7.44. The summed E-state index contributed by atoms with van der Waals surface area (Å²) in [5.74, 6) is 0.451. The third-order valence-electron chi connectivity index (χ3n) is 2.10. The smallest absolute Gasteiger partial charge is 0.0726 e. The molecule has 0 aliphatic carbocycles. The molecule has 0 rings (SSSR count). The molecule has 0 saturated carbocycles. The molecule has 2 heteroatoms. The molecule has 0 amide bonds. The number of hydrogen-bond acceptors (Lipinski definition) is 2. The molecule has 0 aromatic heterocycles. The first-order valence-electron chi connectivity index (χ1n) is 5.19. The van der Waals surface area contributed by atoms with E-state index in [2.05, 4.69) is 13.5 Å². The average Bonchev–Trinajstić information content (AvgIpc) is 2.11.